The van der Waals surface area contributed by atoms with Crippen molar-refractivity contribution in [1.82, 2.24) is 9.80 Å². The van der Waals surface area contributed by atoms with Crippen LogP contribution in [0.4, 0.5) is 0 Å². The zero-order valence-corrected chi connectivity index (χ0v) is 22.6. The Labute approximate surface area is 216 Å². The van der Waals surface area contributed by atoms with Crippen molar-refractivity contribution in [3.63, 3.8) is 0 Å². The van der Waals surface area contributed by atoms with Crippen molar-refractivity contribution in [3.8, 4) is 5.75 Å². The molecule has 0 bridgehead atoms. The summed E-state index contributed by atoms with van der Waals surface area (Å²) in [6.07, 6.45) is 3.51. The molecule has 196 valence electrons. The van der Waals surface area contributed by atoms with Gasteiger partial charge in [-0.15, -0.1) is 0 Å². The predicted molar refractivity (Wildman–Crippen MR) is 144 cm³/mol. The topological polar surface area (TPSA) is 59.1 Å². The molecule has 0 aromatic heterocycles. The van der Waals surface area contributed by atoms with E-state index in [-0.39, 0.29) is 17.9 Å². The number of hydrogen-bond donors (Lipinski definition) is 0. The molecule has 0 radical (unpaired) electrons. The molecule has 0 N–H and O–H groups in total. The van der Waals surface area contributed by atoms with Gasteiger partial charge < -0.3 is 19.3 Å². The maximum Gasteiger partial charge on any atom is 0.257 e. The highest BCUT2D eigenvalue weighted by Gasteiger charge is 2.28. The van der Waals surface area contributed by atoms with Crippen LogP contribution in [0.3, 0.4) is 0 Å². The Hall–Kier alpha value is -2.86. The quantitative estimate of drug-likeness (QED) is 0.531. The third kappa shape index (κ3) is 7.10. The lowest BCUT2D eigenvalue weighted by Gasteiger charge is -2.34. The summed E-state index contributed by atoms with van der Waals surface area (Å²) in [5.74, 6) is 0.985. The minimum absolute atomic E-state index is 0.0365. The van der Waals surface area contributed by atoms with E-state index in [0.717, 1.165) is 42.4 Å². The number of carbonyl (C=O) groups excluding carboxylic acids is 2. The highest BCUT2D eigenvalue weighted by Crippen LogP contribution is 2.25. The van der Waals surface area contributed by atoms with Gasteiger partial charge in [0, 0.05) is 32.3 Å². The number of aryl methyl sites for hydroxylation is 1. The average Bonchev–Trinajstić information content (AvgIpc) is 2.87. The summed E-state index contributed by atoms with van der Waals surface area (Å²) in [6.45, 7) is 11.1. The third-order valence-corrected chi connectivity index (χ3v) is 7.01. The van der Waals surface area contributed by atoms with E-state index < -0.39 is 0 Å². The first kappa shape index (κ1) is 27.7. The smallest absolute Gasteiger partial charge is 0.257 e. The van der Waals surface area contributed by atoms with Gasteiger partial charge in [-0.2, -0.15) is 0 Å². The maximum atomic E-state index is 13.9. The summed E-state index contributed by atoms with van der Waals surface area (Å²) in [4.78, 5) is 31.2. The fraction of sp³-hybridized carbons (Fsp3) is 0.533. The fourth-order valence-electron chi connectivity index (χ4n) is 4.82. The predicted octanol–water partition coefficient (Wildman–Crippen LogP) is 5.51. The van der Waals surface area contributed by atoms with Gasteiger partial charge in [-0.3, -0.25) is 9.59 Å². The number of nitrogens with zero attached hydrogens (tertiary/aromatic N) is 2. The monoisotopic (exact) mass is 494 g/mol. The molecule has 1 aliphatic heterocycles. The molecule has 0 aliphatic carbocycles. The van der Waals surface area contributed by atoms with Crippen molar-refractivity contribution < 1.29 is 19.1 Å². The Morgan fingerprint density at radius 2 is 1.81 bits per heavy atom. The fourth-order valence-corrected chi connectivity index (χ4v) is 4.82. The molecule has 1 aliphatic rings. The van der Waals surface area contributed by atoms with Gasteiger partial charge in [0.05, 0.1) is 18.2 Å². The van der Waals surface area contributed by atoms with Crippen molar-refractivity contribution in [2.24, 2.45) is 5.92 Å². The normalized spacial score (nSPS) is 17.6. The molecule has 0 unspecified atom stereocenters. The lowest BCUT2D eigenvalue weighted by Crippen LogP contribution is -2.45. The molecule has 0 spiro atoms. The van der Waals surface area contributed by atoms with Crippen LogP contribution in [0.1, 0.15) is 71.4 Å². The summed E-state index contributed by atoms with van der Waals surface area (Å²) in [5.41, 5.74) is 3.46. The van der Waals surface area contributed by atoms with Crippen LogP contribution in [-0.4, -0.2) is 67.6 Å². The van der Waals surface area contributed by atoms with Gasteiger partial charge in [-0.1, -0.05) is 38.1 Å². The number of ether oxygens (including phenoxy) is 2. The van der Waals surface area contributed by atoms with Crippen molar-refractivity contribution in [2.45, 2.75) is 59.4 Å². The SMILES string of the molecule is COCCN1CCCCCN(C(=O)c2cccc(C)c2C)[C@@H](CC(C)C)COc2ccccc2C1=O. The summed E-state index contributed by atoms with van der Waals surface area (Å²) < 4.78 is 11.6. The van der Waals surface area contributed by atoms with Crippen molar-refractivity contribution in [3.05, 3.63) is 64.7 Å². The van der Waals surface area contributed by atoms with E-state index in [9.17, 15) is 9.59 Å². The first-order valence-electron chi connectivity index (χ1n) is 13.2. The average molecular weight is 495 g/mol. The van der Waals surface area contributed by atoms with Gasteiger partial charge in [-0.05, 0) is 74.8 Å². The molecular formula is C30H42N2O4. The molecule has 0 saturated carbocycles. The summed E-state index contributed by atoms with van der Waals surface area (Å²) in [6, 6.07) is 13.3. The standard InChI is InChI=1S/C30H42N2O4/c1-22(2)20-25-21-36-28-15-8-7-13-27(28)29(33)31(18-19-35-5)16-9-6-10-17-32(25)30(34)26-14-11-12-23(3)24(26)4/h7-8,11-15,22,25H,6,9-10,16-21H2,1-5H3/t25-/m0/s1. The minimum atomic E-state index is -0.0917. The molecule has 2 aromatic carbocycles. The number of fused-ring (bicyclic) bond motifs is 1. The third-order valence-electron chi connectivity index (χ3n) is 7.01. The molecule has 2 amide bonds. The van der Waals surface area contributed by atoms with Crippen LogP contribution in [0.2, 0.25) is 0 Å². The molecule has 36 heavy (non-hydrogen) atoms. The molecule has 3 rings (SSSR count). The number of carbonyl (C=O) groups is 2. The van der Waals surface area contributed by atoms with Gasteiger partial charge in [0.2, 0.25) is 0 Å². The van der Waals surface area contributed by atoms with Crippen LogP contribution in [0.15, 0.2) is 42.5 Å². The van der Waals surface area contributed by atoms with E-state index in [1.54, 1.807) is 7.11 Å². The van der Waals surface area contributed by atoms with Crippen molar-refractivity contribution in [2.75, 3.05) is 40.0 Å². The van der Waals surface area contributed by atoms with Gasteiger partial charge in [0.25, 0.3) is 11.8 Å². The Morgan fingerprint density at radius 1 is 1.06 bits per heavy atom. The zero-order chi connectivity index (χ0) is 26.1. The van der Waals surface area contributed by atoms with E-state index in [1.807, 2.05) is 66.1 Å². The van der Waals surface area contributed by atoms with Crippen LogP contribution in [-0.2, 0) is 4.74 Å². The van der Waals surface area contributed by atoms with Gasteiger partial charge in [0.1, 0.15) is 12.4 Å². The minimum Gasteiger partial charge on any atom is -0.491 e. The van der Waals surface area contributed by atoms with Gasteiger partial charge in [0.15, 0.2) is 0 Å². The zero-order valence-electron chi connectivity index (χ0n) is 22.6. The van der Waals surface area contributed by atoms with Crippen molar-refractivity contribution >= 4 is 11.8 Å². The Kier molecular flexibility index (Phi) is 10.4. The van der Waals surface area contributed by atoms with Crippen molar-refractivity contribution in [1.29, 1.82) is 0 Å². The summed E-state index contributed by atoms with van der Waals surface area (Å²) in [5, 5.41) is 0. The molecule has 6 nitrogen and oxygen atoms in total. The molecule has 1 heterocycles. The molecule has 2 aromatic rings. The largest absolute Gasteiger partial charge is 0.491 e. The number of para-hydroxylation sites is 1. The first-order valence-corrected chi connectivity index (χ1v) is 13.2. The van der Waals surface area contributed by atoms with Crippen LogP contribution >= 0.6 is 0 Å². The number of methoxy groups -OCH3 is 1. The Balaban J connectivity index is 1.96. The van der Waals surface area contributed by atoms with E-state index in [4.69, 9.17) is 9.47 Å². The Bertz CT molecular complexity index is 1020. The second-order valence-electron chi connectivity index (χ2n) is 10.2. The first-order chi connectivity index (χ1) is 17.3. The van der Waals surface area contributed by atoms with E-state index in [0.29, 0.717) is 50.1 Å². The molecule has 0 saturated heterocycles. The van der Waals surface area contributed by atoms with Crippen LogP contribution < -0.4 is 4.74 Å². The second-order valence-corrected chi connectivity index (χ2v) is 10.2. The number of hydrogen-bond acceptors (Lipinski definition) is 4. The van der Waals surface area contributed by atoms with E-state index in [2.05, 4.69) is 13.8 Å². The molecule has 1 atom stereocenters. The summed E-state index contributed by atoms with van der Waals surface area (Å²) >= 11 is 0. The van der Waals surface area contributed by atoms with E-state index >= 15 is 0 Å². The van der Waals surface area contributed by atoms with Crippen LogP contribution in [0.25, 0.3) is 0 Å². The lowest BCUT2D eigenvalue weighted by molar-refractivity contribution is 0.0572. The number of benzene rings is 2. The second kappa shape index (κ2) is 13.4. The number of rotatable bonds is 6. The summed E-state index contributed by atoms with van der Waals surface area (Å²) in [7, 11) is 1.65. The van der Waals surface area contributed by atoms with E-state index in [1.165, 1.54) is 0 Å². The van der Waals surface area contributed by atoms with Crippen LogP contribution in [0, 0.1) is 19.8 Å². The maximum absolute atomic E-state index is 13.9. The Morgan fingerprint density at radius 3 is 2.56 bits per heavy atom. The lowest BCUT2D eigenvalue weighted by atomic mass is 9.98. The highest BCUT2D eigenvalue weighted by atomic mass is 16.5. The molecular weight excluding hydrogens is 452 g/mol. The number of amides is 2. The van der Waals surface area contributed by atoms with Gasteiger partial charge in [-0.25, -0.2) is 0 Å². The molecule has 0 fully saturated rings. The van der Waals surface area contributed by atoms with Gasteiger partial charge >= 0.3 is 0 Å². The van der Waals surface area contributed by atoms with Crippen LogP contribution in [0.5, 0.6) is 5.75 Å². The molecule has 6 heteroatoms. The highest BCUT2D eigenvalue weighted by molar-refractivity contribution is 5.97.